The first-order chi connectivity index (χ1) is 19.6. The van der Waals surface area contributed by atoms with Crippen LogP contribution in [0.3, 0.4) is 0 Å². The molecule has 0 saturated carbocycles. The predicted molar refractivity (Wildman–Crippen MR) is 148 cm³/mol. The normalized spacial score (nSPS) is 12.9. The summed E-state index contributed by atoms with van der Waals surface area (Å²) >= 11 is 0. The number of para-hydroxylation sites is 1. The van der Waals surface area contributed by atoms with Gasteiger partial charge in [0.1, 0.15) is 5.82 Å². The number of nitrogens with zero attached hydrogens (tertiary/aromatic N) is 3. The van der Waals surface area contributed by atoms with Gasteiger partial charge in [-0.15, -0.1) is 0 Å². The molecule has 1 atom stereocenters. The molecule has 42 heavy (non-hydrogen) atoms. The van der Waals surface area contributed by atoms with Gasteiger partial charge >= 0.3 is 12.4 Å². The van der Waals surface area contributed by atoms with Crippen molar-refractivity contribution >= 4 is 16.8 Å². The highest BCUT2D eigenvalue weighted by atomic mass is 19.4. The van der Waals surface area contributed by atoms with Gasteiger partial charge in [0.25, 0.3) is 11.5 Å². The SMILES string of the molecule is CCCCN(C(=O)c1cc(C(F)(F)F)cc(C(F)(F)F)c1)C(C)c1nc2ccccc2c(=O)n1-c1ccc(C)c(C)c1. The lowest BCUT2D eigenvalue weighted by Gasteiger charge is -2.31. The largest absolute Gasteiger partial charge is 0.416 e. The highest BCUT2D eigenvalue weighted by Gasteiger charge is 2.38. The van der Waals surface area contributed by atoms with E-state index in [1.54, 1.807) is 43.3 Å². The Labute approximate surface area is 238 Å². The number of amides is 1. The second-order valence-corrected chi connectivity index (χ2v) is 10.2. The van der Waals surface area contributed by atoms with Crippen LogP contribution in [0.5, 0.6) is 0 Å². The Balaban J connectivity index is 1.94. The van der Waals surface area contributed by atoms with E-state index in [0.29, 0.717) is 41.6 Å². The molecule has 0 N–H and O–H groups in total. The van der Waals surface area contributed by atoms with Crippen molar-refractivity contribution in [2.75, 3.05) is 6.54 Å². The number of benzene rings is 3. The molecule has 1 unspecified atom stereocenters. The zero-order valence-electron chi connectivity index (χ0n) is 23.4. The first kappa shape index (κ1) is 30.8. The molecule has 0 saturated heterocycles. The van der Waals surface area contributed by atoms with Gasteiger partial charge in [0.2, 0.25) is 0 Å². The van der Waals surface area contributed by atoms with Crippen molar-refractivity contribution in [1.29, 1.82) is 0 Å². The van der Waals surface area contributed by atoms with Crippen molar-refractivity contribution in [1.82, 2.24) is 14.5 Å². The second-order valence-electron chi connectivity index (χ2n) is 10.2. The number of aryl methyl sites for hydroxylation is 2. The van der Waals surface area contributed by atoms with Crippen LogP contribution in [0.1, 0.15) is 71.2 Å². The molecule has 222 valence electrons. The molecule has 0 aliphatic heterocycles. The molecule has 0 fully saturated rings. The molecule has 1 heterocycles. The highest BCUT2D eigenvalue weighted by molar-refractivity contribution is 5.95. The van der Waals surface area contributed by atoms with E-state index < -0.39 is 46.6 Å². The molecular formula is C31H29F6N3O2. The number of carbonyl (C=O) groups is 1. The van der Waals surface area contributed by atoms with E-state index in [1.165, 1.54) is 9.47 Å². The predicted octanol–water partition coefficient (Wildman–Crippen LogP) is 8.04. The molecule has 0 radical (unpaired) electrons. The summed E-state index contributed by atoms with van der Waals surface area (Å²) in [5, 5.41) is 0.311. The first-order valence-electron chi connectivity index (χ1n) is 13.3. The van der Waals surface area contributed by atoms with Crippen LogP contribution in [0.4, 0.5) is 26.3 Å². The van der Waals surface area contributed by atoms with Crippen LogP contribution in [0.2, 0.25) is 0 Å². The van der Waals surface area contributed by atoms with Crippen LogP contribution < -0.4 is 5.56 Å². The lowest BCUT2D eigenvalue weighted by atomic mass is 10.0. The van der Waals surface area contributed by atoms with E-state index in [1.807, 2.05) is 26.8 Å². The van der Waals surface area contributed by atoms with Crippen LogP contribution in [0.15, 0.2) is 65.5 Å². The van der Waals surface area contributed by atoms with Gasteiger partial charge < -0.3 is 4.90 Å². The quantitative estimate of drug-likeness (QED) is 0.205. The van der Waals surface area contributed by atoms with Crippen molar-refractivity contribution in [2.45, 2.75) is 58.9 Å². The molecule has 0 aliphatic carbocycles. The van der Waals surface area contributed by atoms with Gasteiger partial charge in [-0.25, -0.2) is 4.98 Å². The van der Waals surface area contributed by atoms with Crippen molar-refractivity contribution in [3.8, 4) is 5.69 Å². The van der Waals surface area contributed by atoms with Gasteiger partial charge in [-0.1, -0.05) is 31.5 Å². The molecular weight excluding hydrogens is 560 g/mol. The maximum atomic E-state index is 13.8. The van der Waals surface area contributed by atoms with Crippen molar-refractivity contribution < 1.29 is 31.1 Å². The molecule has 1 amide bonds. The van der Waals surface area contributed by atoms with Crippen molar-refractivity contribution in [2.24, 2.45) is 0 Å². The van der Waals surface area contributed by atoms with Crippen LogP contribution in [0, 0.1) is 13.8 Å². The maximum Gasteiger partial charge on any atom is 0.416 e. The number of hydrogen-bond acceptors (Lipinski definition) is 3. The Morgan fingerprint density at radius 3 is 2.10 bits per heavy atom. The van der Waals surface area contributed by atoms with E-state index >= 15 is 0 Å². The zero-order chi connectivity index (χ0) is 31.0. The minimum absolute atomic E-state index is 0.00369. The van der Waals surface area contributed by atoms with E-state index in [2.05, 4.69) is 0 Å². The number of rotatable bonds is 7. The van der Waals surface area contributed by atoms with E-state index in [-0.39, 0.29) is 18.4 Å². The third-order valence-electron chi connectivity index (χ3n) is 7.24. The molecule has 4 aromatic rings. The zero-order valence-corrected chi connectivity index (χ0v) is 23.4. The monoisotopic (exact) mass is 589 g/mol. The van der Waals surface area contributed by atoms with Crippen LogP contribution in [-0.2, 0) is 12.4 Å². The molecule has 0 aliphatic rings. The van der Waals surface area contributed by atoms with Gasteiger partial charge in [-0.3, -0.25) is 14.2 Å². The Hall–Kier alpha value is -4.15. The fraction of sp³-hybridized carbons (Fsp3) is 0.323. The van der Waals surface area contributed by atoms with Crippen LogP contribution in [-0.4, -0.2) is 26.9 Å². The second kappa shape index (κ2) is 11.6. The minimum atomic E-state index is -5.11. The van der Waals surface area contributed by atoms with Gasteiger partial charge in [-0.05, 0) is 80.8 Å². The maximum absolute atomic E-state index is 13.8. The Kier molecular flexibility index (Phi) is 8.52. The highest BCUT2D eigenvalue weighted by Crippen LogP contribution is 2.37. The Morgan fingerprint density at radius 2 is 1.52 bits per heavy atom. The molecule has 3 aromatic carbocycles. The number of fused-ring (bicyclic) bond motifs is 1. The number of unbranched alkanes of at least 4 members (excludes halogenated alkanes) is 1. The van der Waals surface area contributed by atoms with E-state index in [4.69, 9.17) is 4.98 Å². The number of halogens is 6. The molecule has 0 bridgehead atoms. The molecule has 11 heteroatoms. The fourth-order valence-corrected chi connectivity index (χ4v) is 4.73. The fourth-order valence-electron chi connectivity index (χ4n) is 4.73. The summed E-state index contributed by atoms with van der Waals surface area (Å²) in [5.41, 5.74) is -1.70. The summed E-state index contributed by atoms with van der Waals surface area (Å²) in [5.74, 6) is -0.920. The van der Waals surface area contributed by atoms with E-state index in [9.17, 15) is 35.9 Å². The van der Waals surface area contributed by atoms with E-state index in [0.717, 1.165) is 11.1 Å². The lowest BCUT2D eigenvalue weighted by molar-refractivity contribution is -0.143. The third kappa shape index (κ3) is 6.19. The molecule has 4 rings (SSSR count). The minimum Gasteiger partial charge on any atom is -0.329 e. The average Bonchev–Trinajstić information content (AvgIpc) is 2.93. The number of alkyl halides is 6. The number of hydrogen-bond donors (Lipinski definition) is 0. The van der Waals surface area contributed by atoms with Crippen molar-refractivity contribution in [3.05, 3.63) is 105 Å². The summed E-state index contributed by atoms with van der Waals surface area (Å²) in [6, 6.07) is 11.7. The lowest BCUT2D eigenvalue weighted by Crippen LogP contribution is -2.38. The average molecular weight is 590 g/mol. The molecule has 0 spiro atoms. The molecule has 1 aromatic heterocycles. The standard InChI is InChI=1S/C31H29F6N3O2/c1-5-6-13-39(28(41)21-15-22(30(32,33)34)17-23(16-21)31(35,36)37)20(4)27-38-26-10-8-7-9-25(26)29(42)40(27)24-12-11-18(2)19(3)14-24/h7-12,14-17,20H,5-6,13H2,1-4H3. The van der Waals surface area contributed by atoms with Crippen LogP contribution >= 0.6 is 0 Å². The summed E-state index contributed by atoms with van der Waals surface area (Å²) in [7, 11) is 0. The summed E-state index contributed by atoms with van der Waals surface area (Å²) in [4.78, 5) is 33.5. The third-order valence-corrected chi connectivity index (χ3v) is 7.24. The first-order valence-corrected chi connectivity index (χ1v) is 13.3. The topological polar surface area (TPSA) is 55.2 Å². The van der Waals surface area contributed by atoms with Crippen LogP contribution in [0.25, 0.3) is 16.6 Å². The molecule has 5 nitrogen and oxygen atoms in total. The summed E-state index contributed by atoms with van der Waals surface area (Å²) in [6.07, 6.45) is -9.23. The number of aromatic nitrogens is 2. The van der Waals surface area contributed by atoms with Gasteiger partial charge in [0.05, 0.1) is 33.8 Å². The Bertz CT molecular complexity index is 1660. The van der Waals surface area contributed by atoms with Crippen molar-refractivity contribution in [3.63, 3.8) is 0 Å². The summed E-state index contributed by atoms with van der Waals surface area (Å²) < 4.78 is 82.8. The van der Waals surface area contributed by atoms with Gasteiger partial charge in [0.15, 0.2) is 0 Å². The smallest absolute Gasteiger partial charge is 0.329 e. The summed E-state index contributed by atoms with van der Waals surface area (Å²) in [6.45, 7) is 7.16. The number of carbonyl (C=O) groups excluding carboxylic acids is 1. The van der Waals surface area contributed by atoms with Gasteiger partial charge in [-0.2, -0.15) is 26.3 Å². The van der Waals surface area contributed by atoms with Gasteiger partial charge in [0, 0.05) is 12.1 Å². The Morgan fingerprint density at radius 1 is 0.905 bits per heavy atom.